The van der Waals surface area contributed by atoms with Crippen LogP contribution in [0, 0.1) is 0 Å². The number of hydrogen-bond acceptors (Lipinski definition) is 4. The van der Waals surface area contributed by atoms with Crippen LogP contribution in [0.15, 0.2) is 35.3 Å². The Bertz CT molecular complexity index is 421. The van der Waals surface area contributed by atoms with Gasteiger partial charge in [0.25, 0.3) is 0 Å². The van der Waals surface area contributed by atoms with E-state index in [-0.39, 0.29) is 6.04 Å². The summed E-state index contributed by atoms with van der Waals surface area (Å²) in [4.78, 5) is 0. The van der Waals surface area contributed by atoms with Gasteiger partial charge < -0.3 is 4.42 Å². The lowest BCUT2D eigenvalue weighted by atomic mass is 10.0. The van der Waals surface area contributed by atoms with Gasteiger partial charge in [-0.25, -0.2) is 0 Å². The van der Waals surface area contributed by atoms with Gasteiger partial charge in [0.1, 0.15) is 0 Å². The van der Waals surface area contributed by atoms with Gasteiger partial charge in [-0.3, -0.25) is 16.0 Å². The van der Waals surface area contributed by atoms with E-state index in [0.29, 0.717) is 0 Å². The van der Waals surface area contributed by atoms with Crippen LogP contribution in [0.3, 0.4) is 0 Å². The highest BCUT2D eigenvalue weighted by atomic mass is 16.3. The van der Waals surface area contributed by atoms with Crippen molar-refractivity contribution in [2.45, 2.75) is 18.9 Å². The highest BCUT2D eigenvalue weighted by Crippen LogP contribution is 2.18. The fraction of sp³-hybridized carbons (Fsp3) is 0.364. The zero-order chi connectivity index (χ0) is 11.4. The molecule has 2 aromatic rings. The standard InChI is InChI=1S/C11H16N4O/c1-15-10(4-6-13-15)2-3-11(14-12)9-5-7-16-8-9/h4-8,11,14H,2-3,12H2,1H3. The molecule has 0 fully saturated rings. The lowest BCUT2D eigenvalue weighted by molar-refractivity contribution is 0.494. The van der Waals surface area contributed by atoms with E-state index in [2.05, 4.69) is 10.5 Å². The van der Waals surface area contributed by atoms with Crippen LogP contribution in [0.25, 0.3) is 0 Å². The molecule has 0 saturated heterocycles. The molecule has 5 nitrogen and oxygen atoms in total. The number of furan rings is 1. The summed E-state index contributed by atoms with van der Waals surface area (Å²) in [5.74, 6) is 5.53. The van der Waals surface area contributed by atoms with Crippen molar-refractivity contribution in [3.05, 3.63) is 42.1 Å². The minimum Gasteiger partial charge on any atom is -0.472 e. The van der Waals surface area contributed by atoms with Gasteiger partial charge in [0.05, 0.1) is 12.5 Å². The number of aromatic nitrogens is 2. The molecule has 0 amide bonds. The summed E-state index contributed by atoms with van der Waals surface area (Å²) in [5, 5.41) is 4.13. The summed E-state index contributed by atoms with van der Waals surface area (Å²) in [6.07, 6.45) is 7.02. The van der Waals surface area contributed by atoms with Crippen LogP contribution in [0.1, 0.15) is 23.7 Å². The number of hydrogen-bond donors (Lipinski definition) is 2. The molecule has 0 radical (unpaired) electrons. The molecule has 2 rings (SSSR count). The molecule has 0 aliphatic carbocycles. The van der Waals surface area contributed by atoms with E-state index in [1.54, 1.807) is 18.7 Å². The second kappa shape index (κ2) is 4.96. The fourth-order valence-corrected chi connectivity index (χ4v) is 1.76. The molecule has 0 spiro atoms. The van der Waals surface area contributed by atoms with E-state index in [9.17, 15) is 0 Å². The van der Waals surface area contributed by atoms with Gasteiger partial charge in [0.2, 0.25) is 0 Å². The Morgan fingerprint density at radius 2 is 2.44 bits per heavy atom. The minimum absolute atomic E-state index is 0.119. The topological polar surface area (TPSA) is 69.0 Å². The molecule has 3 N–H and O–H groups in total. The molecule has 16 heavy (non-hydrogen) atoms. The highest BCUT2D eigenvalue weighted by molar-refractivity contribution is 5.12. The van der Waals surface area contributed by atoms with Crippen LogP contribution in [0.5, 0.6) is 0 Å². The largest absolute Gasteiger partial charge is 0.472 e. The van der Waals surface area contributed by atoms with Gasteiger partial charge in [0.15, 0.2) is 0 Å². The third-order valence-corrected chi connectivity index (χ3v) is 2.76. The average molecular weight is 220 g/mol. The predicted molar refractivity (Wildman–Crippen MR) is 60.3 cm³/mol. The molecule has 1 atom stereocenters. The van der Waals surface area contributed by atoms with Gasteiger partial charge in [-0.15, -0.1) is 0 Å². The Kier molecular flexibility index (Phi) is 3.38. The maximum Gasteiger partial charge on any atom is 0.0950 e. The molecular weight excluding hydrogens is 204 g/mol. The van der Waals surface area contributed by atoms with Crippen LogP contribution >= 0.6 is 0 Å². The third-order valence-electron chi connectivity index (χ3n) is 2.76. The molecular formula is C11H16N4O. The maximum atomic E-state index is 5.53. The average Bonchev–Trinajstić information content (AvgIpc) is 2.92. The van der Waals surface area contributed by atoms with Crippen LogP contribution < -0.4 is 11.3 Å². The molecule has 0 aromatic carbocycles. The van der Waals surface area contributed by atoms with Crippen molar-refractivity contribution in [3.8, 4) is 0 Å². The van der Waals surface area contributed by atoms with E-state index in [0.717, 1.165) is 18.4 Å². The number of rotatable bonds is 5. The SMILES string of the molecule is Cn1nccc1CCC(NN)c1ccoc1. The lowest BCUT2D eigenvalue weighted by Crippen LogP contribution is -2.28. The summed E-state index contributed by atoms with van der Waals surface area (Å²) in [6, 6.07) is 4.06. The Morgan fingerprint density at radius 3 is 3.00 bits per heavy atom. The quantitative estimate of drug-likeness (QED) is 0.586. The lowest BCUT2D eigenvalue weighted by Gasteiger charge is -2.13. The van der Waals surface area contributed by atoms with Crippen molar-refractivity contribution >= 4 is 0 Å². The first-order valence-electron chi connectivity index (χ1n) is 5.26. The molecule has 1 unspecified atom stereocenters. The Labute approximate surface area is 94.2 Å². The first-order valence-corrected chi connectivity index (χ1v) is 5.26. The van der Waals surface area contributed by atoms with Gasteiger partial charge in [0, 0.05) is 30.5 Å². The Hall–Kier alpha value is -1.59. The summed E-state index contributed by atoms with van der Waals surface area (Å²) >= 11 is 0. The zero-order valence-corrected chi connectivity index (χ0v) is 9.26. The smallest absolute Gasteiger partial charge is 0.0950 e. The Morgan fingerprint density at radius 1 is 1.56 bits per heavy atom. The van der Waals surface area contributed by atoms with E-state index in [4.69, 9.17) is 10.3 Å². The molecule has 0 saturated carbocycles. The van der Waals surface area contributed by atoms with Crippen molar-refractivity contribution in [3.63, 3.8) is 0 Å². The number of nitrogens with zero attached hydrogens (tertiary/aromatic N) is 2. The van der Waals surface area contributed by atoms with Crippen LogP contribution in [-0.4, -0.2) is 9.78 Å². The zero-order valence-electron chi connectivity index (χ0n) is 9.26. The first kappa shape index (κ1) is 10.9. The number of nitrogens with one attached hydrogen (secondary N) is 1. The molecule has 0 bridgehead atoms. The second-order valence-electron chi connectivity index (χ2n) is 3.76. The van der Waals surface area contributed by atoms with Gasteiger partial charge in [-0.1, -0.05) is 0 Å². The minimum atomic E-state index is 0.119. The predicted octanol–water partition coefficient (Wildman–Crippen LogP) is 1.15. The van der Waals surface area contributed by atoms with E-state index in [1.807, 2.05) is 23.9 Å². The Balaban J connectivity index is 1.96. The first-order chi connectivity index (χ1) is 7.81. The van der Waals surface area contributed by atoms with Crippen molar-refractivity contribution in [1.82, 2.24) is 15.2 Å². The van der Waals surface area contributed by atoms with Gasteiger partial charge in [-0.05, 0) is 25.0 Å². The van der Waals surface area contributed by atoms with Crippen molar-refractivity contribution in [2.24, 2.45) is 12.9 Å². The monoisotopic (exact) mass is 220 g/mol. The van der Waals surface area contributed by atoms with Gasteiger partial charge >= 0.3 is 0 Å². The molecule has 5 heteroatoms. The van der Waals surface area contributed by atoms with Crippen molar-refractivity contribution < 1.29 is 4.42 Å². The third kappa shape index (κ3) is 2.32. The van der Waals surface area contributed by atoms with Crippen molar-refractivity contribution in [2.75, 3.05) is 0 Å². The van der Waals surface area contributed by atoms with Crippen LogP contribution in [0.2, 0.25) is 0 Å². The van der Waals surface area contributed by atoms with Crippen LogP contribution in [-0.2, 0) is 13.5 Å². The molecule has 2 aromatic heterocycles. The summed E-state index contributed by atoms with van der Waals surface area (Å²) in [6.45, 7) is 0. The molecule has 0 aliphatic rings. The fourth-order valence-electron chi connectivity index (χ4n) is 1.76. The number of aryl methyl sites for hydroxylation is 2. The van der Waals surface area contributed by atoms with Crippen LogP contribution in [0.4, 0.5) is 0 Å². The highest BCUT2D eigenvalue weighted by Gasteiger charge is 2.11. The number of hydrazine groups is 1. The molecule has 86 valence electrons. The second-order valence-corrected chi connectivity index (χ2v) is 3.76. The van der Waals surface area contributed by atoms with E-state index >= 15 is 0 Å². The van der Waals surface area contributed by atoms with E-state index < -0.39 is 0 Å². The summed E-state index contributed by atoms with van der Waals surface area (Å²) in [7, 11) is 1.94. The normalized spacial score (nSPS) is 12.9. The maximum absolute atomic E-state index is 5.53. The van der Waals surface area contributed by atoms with E-state index in [1.165, 1.54) is 5.69 Å². The molecule has 0 aliphatic heterocycles. The number of nitrogens with two attached hydrogens (primary N) is 1. The van der Waals surface area contributed by atoms with Crippen molar-refractivity contribution in [1.29, 1.82) is 0 Å². The summed E-state index contributed by atoms with van der Waals surface area (Å²) < 4.78 is 6.92. The molecule has 2 heterocycles. The summed E-state index contributed by atoms with van der Waals surface area (Å²) in [5.41, 5.74) is 5.07. The van der Waals surface area contributed by atoms with Gasteiger partial charge in [-0.2, -0.15) is 5.10 Å².